The molecule has 0 spiro atoms. The van der Waals surface area contributed by atoms with Crippen molar-refractivity contribution >= 4 is 23.4 Å². The molecule has 0 aliphatic rings. The van der Waals surface area contributed by atoms with Crippen molar-refractivity contribution in [1.82, 2.24) is 0 Å². The van der Waals surface area contributed by atoms with Crippen LogP contribution in [0.2, 0.25) is 0 Å². The van der Waals surface area contributed by atoms with Gasteiger partial charge in [0.05, 0.1) is 0 Å². The number of nitrogens with one attached hydrogen (secondary N) is 1. The largest absolute Gasteiger partial charge is 0.366 e. The Morgan fingerprint density at radius 1 is 1.00 bits per heavy atom. The number of carbonyl (C=O) groups is 1. The maximum absolute atomic E-state index is 10.7. The summed E-state index contributed by atoms with van der Waals surface area (Å²) < 4.78 is 0. The third-order valence-corrected chi connectivity index (χ3v) is 2.39. The van der Waals surface area contributed by atoms with Crippen molar-refractivity contribution in [2.75, 3.05) is 5.32 Å². The van der Waals surface area contributed by atoms with Crippen LogP contribution < -0.4 is 11.1 Å². The van der Waals surface area contributed by atoms with Gasteiger partial charge in [0.15, 0.2) is 0 Å². The summed E-state index contributed by atoms with van der Waals surface area (Å²) in [6, 6.07) is 17.6. The van der Waals surface area contributed by atoms with Crippen LogP contribution in [-0.2, 0) is 4.79 Å². The van der Waals surface area contributed by atoms with Crippen molar-refractivity contribution in [1.29, 1.82) is 0 Å². The van der Waals surface area contributed by atoms with E-state index in [-0.39, 0.29) is 0 Å². The molecule has 1 amide bonds. The summed E-state index contributed by atoms with van der Waals surface area (Å²) in [4.78, 5) is 10.7. The first-order valence-corrected chi connectivity index (χ1v) is 5.64. The molecule has 0 atom stereocenters. The minimum Gasteiger partial charge on any atom is -0.366 e. The first-order chi connectivity index (χ1) is 8.74. The summed E-state index contributed by atoms with van der Waals surface area (Å²) in [6.07, 6.45) is 3.04. The number of hydrogen-bond acceptors (Lipinski definition) is 2. The second-order valence-corrected chi connectivity index (χ2v) is 3.85. The smallest absolute Gasteiger partial charge is 0.241 e. The maximum Gasteiger partial charge on any atom is 0.241 e. The molecule has 2 aromatic rings. The summed E-state index contributed by atoms with van der Waals surface area (Å²) in [7, 11) is 0. The van der Waals surface area contributed by atoms with Gasteiger partial charge in [-0.15, -0.1) is 0 Å². The lowest BCUT2D eigenvalue weighted by Gasteiger charge is -2.06. The molecule has 2 rings (SSSR count). The van der Waals surface area contributed by atoms with Crippen LogP contribution in [0.1, 0.15) is 5.56 Å². The fraction of sp³-hybridized carbons (Fsp3) is 0. The maximum atomic E-state index is 10.7. The van der Waals surface area contributed by atoms with Crippen LogP contribution in [0.15, 0.2) is 60.7 Å². The lowest BCUT2D eigenvalue weighted by atomic mass is 10.2. The van der Waals surface area contributed by atoms with Crippen LogP contribution in [0, 0.1) is 0 Å². The van der Waals surface area contributed by atoms with E-state index < -0.39 is 5.91 Å². The SMILES string of the molecule is NC(=O)C=Cc1cccc(Nc2ccccc2)c1. The first-order valence-electron chi connectivity index (χ1n) is 5.64. The van der Waals surface area contributed by atoms with Gasteiger partial charge in [0, 0.05) is 17.5 Å². The molecule has 0 aliphatic carbocycles. The van der Waals surface area contributed by atoms with Crippen LogP contribution >= 0.6 is 0 Å². The lowest BCUT2D eigenvalue weighted by Crippen LogP contribution is -2.05. The summed E-state index contributed by atoms with van der Waals surface area (Å²) in [5.74, 6) is -0.448. The standard InChI is InChI=1S/C15H14N2O/c16-15(18)10-9-12-5-4-8-14(11-12)17-13-6-2-1-3-7-13/h1-11,17H,(H2,16,18). The van der Waals surface area contributed by atoms with Gasteiger partial charge in [0.25, 0.3) is 0 Å². The zero-order chi connectivity index (χ0) is 12.8. The highest BCUT2D eigenvalue weighted by atomic mass is 16.1. The van der Waals surface area contributed by atoms with E-state index in [1.165, 1.54) is 6.08 Å². The third-order valence-electron chi connectivity index (χ3n) is 2.39. The summed E-state index contributed by atoms with van der Waals surface area (Å²) >= 11 is 0. The van der Waals surface area contributed by atoms with Crippen LogP contribution in [0.5, 0.6) is 0 Å². The number of para-hydroxylation sites is 1. The molecule has 0 saturated heterocycles. The fourth-order valence-corrected chi connectivity index (χ4v) is 1.59. The molecule has 3 nitrogen and oxygen atoms in total. The van der Waals surface area contributed by atoms with E-state index in [9.17, 15) is 4.79 Å². The molecule has 2 aromatic carbocycles. The molecular weight excluding hydrogens is 224 g/mol. The van der Waals surface area contributed by atoms with Crippen molar-refractivity contribution in [2.45, 2.75) is 0 Å². The molecule has 90 valence electrons. The van der Waals surface area contributed by atoms with E-state index >= 15 is 0 Å². The number of primary amides is 1. The van der Waals surface area contributed by atoms with E-state index in [1.54, 1.807) is 6.08 Å². The molecule has 0 fully saturated rings. The average molecular weight is 238 g/mol. The number of anilines is 2. The van der Waals surface area contributed by atoms with E-state index in [4.69, 9.17) is 5.73 Å². The van der Waals surface area contributed by atoms with E-state index in [0.29, 0.717) is 0 Å². The molecule has 0 radical (unpaired) electrons. The van der Waals surface area contributed by atoms with Crippen LogP contribution in [0.4, 0.5) is 11.4 Å². The van der Waals surface area contributed by atoms with Crippen molar-refractivity contribution in [3.63, 3.8) is 0 Å². The monoisotopic (exact) mass is 238 g/mol. The van der Waals surface area contributed by atoms with Gasteiger partial charge in [-0.1, -0.05) is 30.3 Å². The fourth-order valence-electron chi connectivity index (χ4n) is 1.59. The second-order valence-electron chi connectivity index (χ2n) is 3.85. The summed E-state index contributed by atoms with van der Waals surface area (Å²) in [5.41, 5.74) is 7.97. The molecule has 3 heteroatoms. The lowest BCUT2D eigenvalue weighted by molar-refractivity contribution is -0.113. The van der Waals surface area contributed by atoms with Gasteiger partial charge in [0.1, 0.15) is 0 Å². The molecule has 0 unspecified atom stereocenters. The Kier molecular flexibility index (Phi) is 3.76. The Morgan fingerprint density at radius 2 is 1.72 bits per heavy atom. The van der Waals surface area contributed by atoms with Crippen molar-refractivity contribution in [2.24, 2.45) is 5.73 Å². The number of rotatable bonds is 4. The van der Waals surface area contributed by atoms with Gasteiger partial charge in [0.2, 0.25) is 5.91 Å². The van der Waals surface area contributed by atoms with Gasteiger partial charge in [-0.3, -0.25) is 4.79 Å². The van der Waals surface area contributed by atoms with Crippen molar-refractivity contribution in [3.8, 4) is 0 Å². The van der Waals surface area contributed by atoms with Gasteiger partial charge < -0.3 is 11.1 Å². The zero-order valence-electron chi connectivity index (χ0n) is 9.84. The zero-order valence-corrected chi connectivity index (χ0v) is 9.84. The topological polar surface area (TPSA) is 55.1 Å². The summed E-state index contributed by atoms with van der Waals surface area (Å²) in [5, 5.41) is 3.28. The number of carbonyl (C=O) groups excluding carboxylic acids is 1. The Bertz CT molecular complexity index is 562. The molecule has 0 aromatic heterocycles. The number of nitrogens with two attached hydrogens (primary N) is 1. The molecule has 0 aliphatic heterocycles. The first kappa shape index (κ1) is 11.9. The van der Waals surface area contributed by atoms with E-state index in [2.05, 4.69) is 5.32 Å². The van der Waals surface area contributed by atoms with E-state index in [1.807, 2.05) is 54.6 Å². The number of hydrogen-bond donors (Lipinski definition) is 2. The van der Waals surface area contributed by atoms with E-state index in [0.717, 1.165) is 16.9 Å². The highest BCUT2D eigenvalue weighted by Crippen LogP contribution is 2.17. The predicted octanol–water partition coefficient (Wildman–Crippen LogP) is 2.93. The Labute approximate surface area is 106 Å². The van der Waals surface area contributed by atoms with Gasteiger partial charge >= 0.3 is 0 Å². The number of amides is 1. The number of benzene rings is 2. The van der Waals surface area contributed by atoms with Crippen LogP contribution in [0.3, 0.4) is 0 Å². The summed E-state index contributed by atoms with van der Waals surface area (Å²) in [6.45, 7) is 0. The van der Waals surface area contributed by atoms with Gasteiger partial charge in [-0.2, -0.15) is 0 Å². The van der Waals surface area contributed by atoms with Crippen LogP contribution in [-0.4, -0.2) is 5.91 Å². The minimum absolute atomic E-state index is 0.448. The Morgan fingerprint density at radius 3 is 2.44 bits per heavy atom. The quantitative estimate of drug-likeness (QED) is 0.805. The molecule has 18 heavy (non-hydrogen) atoms. The van der Waals surface area contributed by atoms with Gasteiger partial charge in [-0.25, -0.2) is 0 Å². The highest BCUT2D eigenvalue weighted by molar-refractivity contribution is 5.90. The Balaban J connectivity index is 2.15. The van der Waals surface area contributed by atoms with Gasteiger partial charge in [-0.05, 0) is 35.9 Å². The highest BCUT2D eigenvalue weighted by Gasteiger charge is 1.95. The Hall–Kier alpha value is -2.55. The normalized spacial score (nSPS) is 10.4. The molecule has 3 N–H and O–H groups in total. The molecule has 0 heterocycles. The predicted molar refractivity (Wildman–Crippen MR) is 74.4 cm³/mol. The van der Waals surface area contributed by atoms with Crippen molar-refractivity contribution in [3.05, 3.63) is 66.2 Å². The minimum atomic E-state index is -0.448. The second kappa shape index (κ2) is 5.68. The third kappa shape index (κ3) is 3.49. The van der Waals surface area contributed by atoms with Crippen LogP contribution in [0.25, 0.3) is 6.08 Å². The molecule has 0 saturated carbocycles. The molecular formula is C15H14N2O. The van der Waals surface area contributed by atoms with Crippen molar-refractivity contribution < 1.29 is 4.79 Å². The average Bonchev–Trinajstić information content (AvgIpc) is 2.38. The molecule has 0 bridgehead atoms.